The van der Waals surface area contributed by atoms with Gasteiger partial charge >= 0.3 is 0 Å². The van der Waals surface area contributed by atoms with Gasteiger partial charge in [-0.15, -0.1) is 24.0 Å². The van der Waals surface area contributed by atoms with Gasteiger partial charge in [0.05, 0.1) is 12.6 Å². The van der Waals surface area contributed by atoms with Crippen molar-refractivity contribution in [2.75, 3.05) is 33.3 Å². The molecule has 0 saturated carbocycles. The summed E-state index contributed by atoms with van der Waals surface area (Å²) in [6, 6.07) is 11.1. The monoisotopic (exact) mass is 474 g/mol. The minimum atomic E-state index is 0. The van der Waals surface area contributed by atoms with Gasteiger partial charge in [-0.3, -0.25) is 9.89 Å². The molecule has 6 heteroatoms. The number of hydrogen-bond donors (Lipinski definition) is 2. The quantitative estimate of drug-likeness (QED) is 0.328. The van der Waals surface area contributed by atoms with Crippen molar-refractivity contribution in [3.63, 3.8) is 0 Å². The largest absolute Gasteiger partial charge is 0.376 e. The predicted octanol–water partition coefficient (Wildman–Crippen LogP) is 3.25. The van der Waals surface area contributed by atoms with Gasteiger partial charge in [0.25, 0.3) is 0 Å². The second-order valence-electron chi connectivity index (χ2n) is 6.82. The smallest absolute Gasteiger partial charge is 0.191 e. The topological polar surface area (TPSA) is 48.9 Å². The van der Waals surface area contributed by atoms with Gasteiger partial charge in [-0.05, 0) is 45.7 Å². The Morgan fingerprint density at radius 1 is 1.31 bits per heavy atom. The lowest BCUT2D eigenvalue weighted by atomic mass is 10.1. The zero-order chi connectivity index (χ0) is 17.9. The molecule has 1 aromatic rings. The Bertz CT molecular complexity index is 506. The number of aliphatic imine (C=N–C) groups is 1. The third kappa shape index (κ3) is 8.68. The van der Waals surface area contributed by atoms with Crippen LogP contribution >= 0.6 is 24.0 Å². The van der Waals surface area contributed by atoms with E-state index in [0.29, 0.717) is 12.1 Å². The molecule has 5 nitrogen and oxygen atoms in total. The SMILES string of the molecule is CCNC(=NCC1CCCO1)NCCC(C)N(C)Cc1ccccc1.I. The van der Waals surface area contributed by atoms with Crippen LogP contribution in [0.4, 0.5) is 0 Å². The maximum Gasteiger partial charge on any atom is 0.191 e. The molecule has 1 aromatic carbocycles. The lowest BCUT2D eigenvalue weighted by molar-refractivity contribution is 0.117. The van der Waals surface area contributed by atoms with E-state index >= 15 is 0 Å². The number of guanidine groups is 1. The van der Waals surface area contributed by atoms with Crippen molar-refractivity contribution >= 4 is 29.9 Å². The molecule has 1 heterocycles. The first-order chi connectivity index (χ1) is 12.2. The highest BCUT2D eigenvalue weighted by Gasteiger charge is 2.15. The molecule has 1 aliphatic heterocycles. The summed E-state index contributed by atoms with van der Waals surface area (Å²) in [5, 5.41) is 6.77. The highest BCUT2D eigenvalue weighted by molar-refractivity contribution is 14.0. The van der Waals surface area contributed by atoms with Gasteiger partial charge in [-0.2, -0.15) is 0 Å². The summed E-state index contributed by atoms with van der Waals surface area (Å²) < 4.78 is 5.64. The van der Waals surface area contributed by atoms with E-state index in [1.54, 1.807) is 0 Å². The van der Waals surface area contributed by atoms with Crippen molar-refractivity contribution in [2.45, 2.75) is 51.8 Å². The fraction of sp³-hybridized carbons (Fsp3) is 0.650. The minimum Gasteiger partial charge on any atom is -0.376 e. The van der Waals surface area contributed by atoms with Crippen LogP contribution in [0.1, 0.15) is 38.7 Å². The molecule has 0 bridgehead atoms. The Balaban J connectivity index is 0.00000338. The van der Waals surface area contributed by atoms with Crippen molar-refractivity contribution in [3.8, 4) is 0 Å². The number of hydrogen-bond acceptors (Lipinski definition) is 3. The maximum absolute atomic E-state index is 5.64. The maximum atomic E-state index is 5.64. The number of benzene rings is 1. The molecule has 1 aliphatic rings. The van der Waals surface area contributed by atoms with Crippen LogP contribution in [0.2, 0.25) is 0 Å². The summed E-state index contributed by atoms with van der Waals surface area (Å²) in [5.41, 5.74) is 1.36. The molecule has 0 spiro atoms. The Labute approximate surface area is 176 Å². The predicted molar refractivity (Wildman–Crippen MR) is 120 cm³/mol. The van der Waals surface area contributed by atoms with Crippen LogP contribution < -0.4 is 10.6 Å². The third-order valence-electron chi connectivity index (χ3n) is 4.70. The average Bonchev–Trinajstić information content (AvgIpc) is 3.14. The Morgan fingerprint density at radius 3 is 2.73 bits per heavy atom. The molecule has 2 unspecified atom stereocenters. The summed E-state index contributed by atoms with van der Waals surface area (Å²) in [4.78, 5) is 7.06. The summed E-state index contributed by atoms with van der Waals surface area (Å²) in [6.07, 6.45) is 3.67. The van der Waals surface area contributed by atoms with E-state index in [1.807, 2.05) is 0 Å². The Kier molecular flexibility index (Phi) is 11.9. The van der Waals surface area contributed by atoms with Crippen LogP contribution in [0.5, 0.6) is 0 Å². The molecule has 0 radical (unpaired) electrons. The molecule has 0 amide bonds. The van der Waals surface area contributed by atoms with Crippen molar-refractivity contribution < 1.29 is 4.74 Å². The molecule has 2 N–H and O–H groups in total. The number of nitrogens with one attached hydrogen (secondary N) is 2. The first kappa shape index (κ1) is 23.2. The lowest BCUT2D eigenvalue weighted by Gasteiger charge is -2.25. The second-order valence-corrected chi connectivity index (χ2v) is 6.82. The van der Waals surface area contributed by atoms with Gasteiger partial charge in [0.2, 0.25) is 0 Å². The Hall–Kier alpha value is -0.860. The van der Waals surface area contributed by atoms with Crippen LogP contribution in [0.3, 0.4) is 0 Å². The van der Waals surface area contributed by atoms with Crippen molar-refractivity contribution in [3.05, 3.63) is 35.9 Å². The second kappa shape index (κ2) is 13.3. The number of halogens is 1. The van der Waals surface area contributed by atoms with Crippen LogP contribution in [0.15, 0.2) is 35.3 Å². The molecule has 0 aliphatic carbocycles. The van der Waals surface area contributed by atoms with E-state index in [4.69, 9.17) is 4.74 Å². The van der Waals surface area contributed by atoms with Gasteiger partial charge in [0, 0.05) is 32.3 Å². The molecule has 26 heavy (non-hydrogen) atoms. The lowest BCUT2D eigenvalue weighted by Crippen LogP contribution is -2.40. The summed E-state index contributed by atoms with van der Waals surface area (Å²) in [5.74, 6) is 0.899. The van der Waals surface area contributed by atoms with E-state index in [9.17, 15) is 0 Å². The van der Waals surface area contributed by atoms with Crippen LogP contribution in [-0.2, 0) is 11.3 Å². The average molecular weight is 474 g/mol. The van der Waals surface area contributed by atoms with Gasteiger partial charge in [-0.25, -0.2) is 0 Å². The normalized spacial score (nSPS) is 18.5. The van der Waals surface area contributed by atoms with E-state index < -0.39 is 0 Å². The zero-order valence-corrected chi connectivity index (χ0v) is 18.7. The Morgan fingerprint density at radius 2 is 2.08 bits per heavy atom. The van der Waals surface area contributed by atoms with Crippen molar-refractivity contribution in [2.24, 2.45) is 4.99 Å². The highest BCUT2D eigenvalue weighted by atomic mass is 127. The van der Waals surface area contributed by atoms with E-state index in [-0.39, 0.29) is 24.0 Å². The summed E-state index contributed by atoms with van der Waals surface area (Å²) in [6.45, 7) is 8.78. The number of rotatable bonds is 9. The van der Waals surface area contributed by atoms with Crippen LogP contribution in [0, 0.1) is 0 Å². The van der Waals surface area contributed by atoms with Gasteiger partial charge in [0.15, 0.2) is 5.96 Å². The van der Waals surface area contributed by atoms with Crippen LogP contribution in [0.25, 0.3) is 0 Å². The fourth-order valence-electron chi connectivity index (χ4n) is 2.97. The van der Waals surface area contributed by atoms with Crippen molar-refractivity contribution in [1.82, 2.24) is 15.5 Å². The molecule has 2 rings (SSSR count). The van der Waals surface area contributed by atoms with E-state index in [2.05, 4.69) is 71.8 Å². The number of nitrogens with zero attached hydrogens (tertiary/aromatic N) is 2. The standard InChI is InChI=1S/C20H34N4O.HI/c1-4-21-20(23-15-19-11-8-14-25-19)22-13-12-17(2)24(3)16-18-9-6-5-7-10-18;/h5-7,9-10,17,19H,4,8,11-16H2,1-3H3,(H2,21,22,23);1H. The molecule has 2 atom stereocenters. The highest BCUT2D eigenvalue weighted by Crippen LogP contribution is 2.11. The molecule has 1 fully saturated rings. The van der Waals surface area contributed by atoms with Crippen molar-refractivity contribution in [1.29, 1.82) is 0 Å². The molecular weight excluding hydrogens is 439 g/mol. The fourth-order valence-corrected chi connectivity index (χ4v) is 2.97. The van der Waals surface area contributed by atoms with E-state index in [0.717, 1.165) is 58.0 Å². The first-order valence-corrected chi connectivity index (χ1v) is 9.57. The first-order valence-electron chi connectivity index (χ1n) is 9.57. The van der Waals surface area contributed by atoms with Gasteiger partial charge in [0.1, 0.15) is 0 Å². The van der Waals surface area contributed by atoms with E-state index in [1.165, 1.54) is 5.56 Å². The molecule has 148 valence electrons. The molecule has 1 saturated heterocycles. The van der Waals surface area contributed by atoms with Gasteiger partial charge < -0.3 is 15.4 Å². The molecule has 0 aromatic heterocycles. The van der Waals surface area contributed by atoms with Crippen LogP contribution in [-0.4, -0.2) is 56.3 Å². The molecular formula is C20H35IN4O. The number of ether oxygens (including phenoxy) is 1. The van der Waals surface area contributed by atoms with Gasteiger partial charge in [-0.1, -0.05) is 30.3 Å². The minimum absolute atomic E-state index is 0. The summed E-state index contributed by atoms with van der Waals surface area (Å²) >= 11 is 0. The zero-order valence-electron chi connectivity index (χ0n) is 16.4. The summed E-state index contributed by atoms with van der Waals surface area (Å²) in [7, 11) is 2.19. The third-order valence-corrected chi connectivity index (χ3v) is 4.70.